The van der Waals surface area contributed by atoms with E-state index in [4.69, 9.17) is 0 Å². The topological polar surface area (TPSA) is 38.0 Å². The number of aryl methyl sites for hydroxylation is 1. The average molecular weight is 285 g/mol. The highest BCUT2D eigenvalue weighted by Crippen LogP contribution is 2.25. The fraction of sp³-hybridized carbons (Fsp3) is 0.182. The Hall–Kier alpha value is -1.20. The normalized spacial score (nSPS) is 12.8. The van der Waals surface area contributed by atoms with Crippen LogP contribution in [0.15, 0.2) is 35.1 Å². The molecule has 0 saturated heterocycles. The number of nitrogens with zero attached hydrogens (tertiary/aromatic N) is 2. The van der Waals surface area contributed by atoms with Crippen LogP contribution >= 0.6 is 15.9 Å². The van der Waals surface area contributed by atoms with Crippen LogP contribution in [-0.2, 0) is 7.05 Å². The van der Waals surface area contributed by atoms with Gasteiger partial charge in [-0.05, 0) is 18.2 Å². The Labute approximate surface area is 101 Å². The van der Waals surface area contributed by atoms with Gasteiger partial charge in [0.05, 0.1) is 0 Å². The number of rotatable bonds is 2. The van der Waals surface area contributed by atoms with Gasteiger partial charge in [0.2, 0.25) is 0 Å². The number of halogens is 2. The number of benzene rings is 1. The molecule has 0 radical (unpaired) electrons. The molecule has 84 valence electrons. The molecule has 2 rings (SSSR count). The Kier molecular flexibility index (Phi) is 3.07. The zero-order chi connectivity index (χ0) is 11.7. The lowest BCUT2D eigenvalue weighted by Gasteiger charge is -2.12. The van der Waals surface area contributed by atoms with E-state index in [-0.39, 0.29) is 5.56 Å². The van der Waals surface area contributed by atoms with Crippen molar-refractivity contribution in [3.05, 3.63) is 52.3 Å². The summed E-state index contributed by atoms with van der Waals surface area (Å²) in [6, 6.07) is 4.45. The molecule has 0 spiro atoms. The Morgan fingerprint density at radius 2 is 2.25 bits per heavy atom. The van der Waals surface area contributed by atoms with Crippen molar-refractivity contribution in [1.82, 2.24) is 9.55 Å². The van der Waals surface area contributed by atoms with E-state index in [1.807, 2.05) is 0 Å². The highest BCUT2D eigenvalue weighted by atomic mass is 79.9. The minimum absolute atomic E-state index is 0.212. The molecule has 16 heavy (non-hydrogen) atoms. The Bertz CT molecular complexity index is 512. The molecule has 2 aromatic rings. The molecule has 1 heterocycles. The summed E-state index contributed by atoms with van der Waals surface area (Å²) >= 11 is 3.24. The lowest BCUT2D eigenvalue weighted by Crippen LogP contribution is -2.08. The second-order valence-electron chi connectivity index (χ2n) is 3.46. The predicted molar refractivity (Wildman–Crippen MR) is 61.4 cm³/mol. The maximum absolute atomic E-state index is 13.5. The summed E-state index contributed by atoms with van der Waals surface area (Å²) in [5.41, 5.74) is 0.212. The smallest absolute Gasteiger partial charge is 0.142 e. The van der Waals surface area contributed by atoms with Crippen molar-refractivity contribution in [2.75, 3.05) is 0 Å². The number of aliphatic hydroxyl groups excluding tert-OH is 1. The van der Waals surface area contributed by atoms with Gasteiger partial charge < -0.3 is 9.67 Å². The highest BCUT2D eigenvalue weighted by molar-refractivity contribution is 9.10. The molecule has 1 aromatic heterocycles. The molecule has 5 heteroatoms. The third-order valence-electron chi connectivity index (χ3n) is 2.36. The van der Waals surface area contributed by atoms with Gasteiger partial charge >= 0.3 is 0 Å². The van der Waals surface area contributed by atoms with Crippen molar-refractivity contribution in [2.24, 2.45) is 7.05 Å². The molecule has 0 saturated carbocycles. The summed E-state index contributed by atoms with van der Waals surface area (Å²) in [5, 5.41) is 10.0. The molecular weight excluding hydrogens is 275 g/mol. The van der Waals surface area contributed by atoms with Gasteiger partial charge in [-0.2, -0.15) is 0 Å². The van der Waals surface area contributed by atoms with Gasteiger partial charge in [0.1, 0.15) is 17.7 Å². The molecule has 1 atom stereocenters. The zero-order valence-corrected chi connectivity index (χ0v) is 10.1. The fourth-order valence-electron chi connectivity index (χ4n) is 1.50. The van der Waals surface area contributed by atoms with Crippen molar-refractivity contribution in [1.29, 1.82) is 0 Å². The summed E-state index contributed by atoms with van der Waals surface area (Å²) in [6.07, 6.45) is 2.21. The van der Waals surface area contributed by atoms with Crippen LogP contribution in [0.5, 0.6) is 0 Å². The van der Waals surface area contributed by atoms with Gasteiger partial charge in [0, 0.05) is 29.5 Å². The van der Waals surface area contributed by atoms with E-state index in [0.29, 0.717) is 5.82 Å². The lowest BCUT2D eigenvalue weighted by atomic mass is 10.1. The molecule has 3 nitrogen and oxygen atoms in total. The summed E-state index contributed by atoms with van der Waals surface area (Å²) in [5.74, 6) is -0.0318. The van der Waals surface area contributed by atoms with Crippen LogP contribution in [0.2, 0.25) is 0 Å². The highest BCUT2D eigenvalue weighted by Gasteiger charge is 2.18. The maximum Gasteiger partial charge on any atom is 0.142 e. The van der Waals surface area contributed by atoms with Crippen molar-refractivity contribution in [2.45, 2.75) is 6.10 Å². The molecule has 0 fully saturated rings. The summed E-state index contributed by atoms with van der Waals surface area (Å²) in [7, 11) is 1.75. The van der Waals surface area contributed by atoms with Crippen LogP contribution in [0.4, 0.5) is 4.39 Å². The second kappa shape index (κ2) is 4.35. The molecule has 0 bridgehead atoms. The molecule has 1 N–H and O–H groups in total. The van der Waals surface area contributed by atoms with Crippen LogP contribution in [0.1, 0.15) is 17.5 Å². The van der Waals surface area contributed by atoms with Crippen LogP contribution in [-0.4, -0.2) is 14.7 Å². The lowest BCUT2D eigenvalue weighted by molar-refractivity contribution is 0.201. The van der Waals surface area contributed by atoms with Crippen molar-refractivity contribution in [3.63, 3.8) is 0 Å². The standard InChI is InChI=1S/C11H10BrFN2O/c1-15-5-4-14-11(15)10(16)8-6-7(12)2-3-9(8)13/h2-6,10,16H,1H3. The average Bonchev–Trinajstić information content (AvgIpc) is 2.67. The van der Waals surface area contributed by atoms with Crippen molar-refractivity contribution < 1.29 is 9.50 Å². The van der Waals surface area contributed by atoms with Crippen molar-refractivity contribution in [3.8, 4) is 0 Å². The third kappa shape index (κ3) is 2.01. The number of aliphatic hydroxyl groups is 1. The van der Waals surface area contributed by atoms with E-state index in [9.17, 15) is 9.50 Å². The largest absolute Gasteiger partial charge is 0.380 e. The van der Waals surface area contributed by atoms with Gasteiger partial charge in [-0.1, -0.05) is 15.9 Å². The van der Waals surface area contributed by atoms with Gasteiger partial charge in [-0.3, -0.25) is 0 Å². The number of aromatic nitrogens is 2. The van der Waals surface area contributed by atoms with Gasteiger partial charge in [0.15, 0.2) is 0 Å². The first-order chi connectivity index (χ1) is 7.59. The monoisotopic (exact) mass is 284 g/mol. The SMILES string of the molecule is Cn1ccnc1C(O)c1cc(Br)ccc1F. The zero-order valence-electron chi connectivity index (χ0n) is 8.56. The fourth-order valence-corrected chi connectivity index (χ4v) is 1.88. The van der Waals surface area contributed by atoms with Crippen LogP contribution in [0.3, 0.4) is 0 Å². The summed E-state index contributed by atoms with van der Waals surface area (Å²) in [4.78, 5) is 3.99. The minimum atomic E-state index is -1.06. The third-order valence-corrected chi connectivity index (χ3v) is 2.85. The van der Waals surface area contributed by atoms with E-state index in [0.717, 1.165) is 4.47 Å². The van der Waals surface area contributed by atoms with Crippen LogP contribution in [0.25, 0.3) is 0 Å². The predicted octanol–water partition coefficient (Wildman–Crippen LogP) is 2.40. The first-order valence-electron chi connectivity index (χ1n) is 4.70. The van der Waals surface area contributed by atoms with E-state index in [1.165, 1.54) is 6.07 Å². The number of hydrogen-bond donors (Lipinski definition) is 1. The van der Waals surface area contributed by atoms with Gasteiger partial charge in [-0.25, -0.2) is 9.37 Å². The Morgan fingerprint density at radius 1 is 1.50 bits per heavy atom. The van der Waals surface area contributed by atoms with E-state index < -0.39 is 11.9 Å². The first-order valence-corrected chi connectivity index (χ1v) is 5.49. The molecule has 0 aliphatic heterocycles. The van der Waals surface area contributed by atoms with E-state index in [1.54, 1.807) is 36.1 Å². The van der Waals surface area contributed by atoms with Gasteiger partial charge in [-0.15, -0.1) is 0 Å². The maximum atomic E-state index is 13.5. The molecule has 1 aromatic carbocycles. The molecular formula is C11H10BrFN2O. The summed E-state index contributed by atoms with van der Waals surface area (Å²) in [6.45, 7) is 0. The second-order valence-corrected chi connectivity index (χ2v) is 4.38. The van der Waals surface area contributed by atoms with Crippen molar-refractivity contribution >= 4 is 15.9 Å². The first kappa shape index (κ1) is 11.3. The summed E-state index contributed by atoms with van der Waals surface area (Å²) < 4.78 is 15.9. The molecule has 1 unspecified atom stereocenters. The van der Waals surface area contributed by atoms with Crippen LogP contribution in [0, 0.1) is 5.82 Å². The van der Waals surface area contributed by atoms with E-state index in [2.05, 4.69) is 20.9 Å². The molecule has 0 aliphatic carbocycles. The van der Waals surface area contributed by atoms with E-state index >= 15 is 0 Å². The molecule has 0 aliphatic rings. The number of imidazole rings is 1. The van der Waals surface area contributed by atoms with Crippen LogP contribution < -0.4 is 0 Å². The molecule has 0 amide bonds. The minimum Gasteiger partial charge on any atom is -0.380 e. The Morgan fingerprint density at radius 3 is 2.88 bits per heavy atom. The number of hydrogen-bond acceptors (Lipinski definition) is 2. The van der Waals surface area contributed by atoms with Gasteiger partial charge in [0.25, 0.3) is 0 Å². The Balaban J connectivity index is 2.45. The quantitative estimate of drug-likeness (QED) is 0.920.